The van der Waals surface area contributed by atoms with Gasteiger partial charge in [0.15, 0.2) is 0 Å². The molecule has 0 saturated carbocycles. The third kappa shape index (κ3) is 6.65. The van der Waals surface area contributed by atoms with Crippen molar-refractivity contribution in [1.29, 1.82) is 0 Å². The summed E-state index contributed by atoms with van der Waals surface area (Å²) >= 11 is 0. The lowest BCUT2D eigenvalue weighted by molar-refractivity contribution is 1.25. The number of aromatic nitrogens is 2. The topological polar surface area (TPSA) is 25.8 Å². The SMILES string of the molecule is c1ccc(-c2c3ccccc3c(-c3cccc4c(-c5ccc(-c6ccccn6)nc5-c5cccc6c(-c7c8ccccc8c(-c8ccccc8)c8ccccc78)cccc56)cccc34)c3ccccc23)cc1. The number of fused-ring (bicyclic) bond motifs is 6. The Balaban J connectivity index is 1.01. The van der Waals surface area contributed by atoms with Crippen molar-refractivity contribution >= 4 is 64.6 Å². The molecule has 12 aromatic carbocycles. The summed E-state index contributed by atoms with van der Waals surface area (Å²) in [6.07, 6.45) is 1.85. The number of hydrogen-bond donors (Lipinski definition) is 0. The van der Waals surface area contributed by atoms with E-state index in [2.05, 4.69) is 243 Å². The maximum absolute atomic E-state index is 5.63. The van der Waals surface area contributed by atoms with E-state index >= 15 is 0 Å². The van der Waals surface area contributed by atoms with E-state index in [-0.39, 0.29) is 0 Å². The van der Waals surface area contributed by atoms with Gasteiger partial charge >= 0.3 is 0 Å². The first-order valence-corrected chi connectivity index (χ1v) is 24.7. The fraction of sp³-hybridized carbons (Fsp3) is 0. The fourth-order valence-corrected chi connectivity index (χ4v) is 11.7. The first-order valence-electron chi connectivity index (χ1n) is 24.7. The Labute approximate surface area is 417 Å². The van der Waals surface area contributed by atoms with Crippen LogP contribution in [0.15, 0.2) is 267 Å². The second kappa shape index (κ2) is 17.2. The molecule has 0 N–H and O–H groups in total. The molecule has 14 aromatic rings. The number of nitrogens with zero attached hydrogens (tertiary/aromatic N) is 2. The molecule has 0 aliphatic heterocycles. The van der Waals surface area contributed by atoms with E-state index in [1.54, 1.807) is 0 Å². The molecule has 2 heterocycles. The summed E-state index contributed by atoms with van der Waals surface area (Å²) in [7, 11) is 0. The van der Waals surface area contributed by atoms with Crippen LogP contribution >= 0.6 is 0 Å². The van der Waals surface area contributed by atoms with Crippen LogP contribution in [0.3, 0.4) is 0 Å². The number of hydrogen-bond acceptors (Lipinski definition) is 2. The molecule has 2 heteroatoms. The summed E-state index contributed by atoms with van der Waals surface area (Å²) in [5, 5.41) is 14.5. The normalized spacial score (nSPS) is 11.6. The molecular weight excluding hydrogens is 869 g/mol. The van der Waals surface area contributed by atoms with Crippen LogP contribution in [0.4, 0.5) is 0 Å². The van der Waals surface area contributed by atoms with Crippen LogP contribution in [-0.4, -0.2) is 9.97 Å². The zero-order chi connectivity index (χ0) is 47.5. The fourth-order valence-electron chi connectivity index (χ4n) is 11.7. The molecule has 0 fully saturated rings. The van der Waals surface area contributed by atoms with E-state index in [4.69, 9.17) is 9.97 Å². The summed E-state index contributed by atoms with van der Waals surface area (Å²) in [5.41, 5.74) is 15.7. The highest BCUT2D eigenvalue weighted by atomic mass is 14.8. The highest BCUT2D eigenvalue weighted by Gasteiger charge is 2.23. The van der Waals surface area contributed by atoms with Crippen molar-refractivity contribution in [2.75, 3.05) is 0 Å². The molecule has 0 amide bonds. The van der Waals surface area contributed by atoms with Crippen molar-refractivity contribution in [3.63, 3.8) is 0 Å². The summed E-state index contributed by atoms with van der Waals surface area (Å²) in [6.45, 7) is 0. The summed E-state index contributed by atoms with van der Waals surface area (Å²) in [4.78, 5) is 10.4. The van der Waals surface area contributed by atoms with Crippen molar-refractivity contribution in [2.45, 2.75) is 0 Å². The minimum absolute atomic E-state index is 0.827. The summed E-state index contributed by atoms with van der Waals surface area (Å²) in [6, 6.07) is 94.9. The van der Waals surface area contributed by atoms with Crippen molar-refractivity contribution in [3.05, 3.63) is 267 Å². The Hall–Kier alpha value is -9.50. The second-order valence-electron chi connectivity index (χ2n) is 18.6. The third-order valence-corrected chi connectivity index (χ3v) is 14.7. The van der Waals surface area contributed by atoms with Gasteiger partial charge in [0, 0.05) is 17.3 Å². The van der Waals surface area contributed by atoms with E-state index in [1.807, 2.05) is 24.4 Å². The standard InChI is InChI=1S/C70H44N2/c1-3-21-45(22-4-1)66-54-25-7-11-29-58(54)68(59-30-12-8-26-55(59)66)52-38-18-33-47-48(52)34-17-36-50(47)63-42-43-65(64-41-15-16-44-71-64)72-70(63)62-40-20-35-49-51(62)37-19-39-53(49)69-60-31-13-9-27-56(60)67(46-23-5-2-6-24-46)57-28-10-14-32-61(57)69/h1-44H. The average Bonchev–Trinajstić information content (AvgIpc) is 3.46. The van der Waals surface area contributed by atoms with Crippen LogP contribution in [-0.2, 0) is 0 Å². The number of rotatable bonds is 7. The van der Waals surface area contributed by atoms with Crippen LogP contribution in [0, 0.1) is 0 Å². The molecule has 0 aliphatic carbocycles. The lowest BCUT2D eigenvalue weighted by Gasteiger charge is -2.20. The van der Waals surface area contributed by atoms with E-state index in [1.165, 1.54) is 104 Å². The minimum atomic E-state index is 0.827. The Kier molecular flexibility index (Phi) is 9.89. The average molecular weight is 913 g/mol. The van der Waals surface area contributed by atoms with Crippen LogP contribution in [0.1, 0.15) is 0 Å². The first kappa shape index (κ1) is 41.5. The van der Waals surface area contributed by atoms with Gasteiger partial charge < -0.3 is 0 Å². The monoisotopic (exact) mass is 912 g/mol. The second-order valence-corrected chi connectivity index (χ2v) is 18.6. The van der Waals surface area contributed by atoms with Gasteiger partial charge in [-0.3, -0.25) is 4.98 Å². The van der Waals surface area contributed by atoms with Crippen LogP contribution in [0.25, 0.3) is 143 Å². The Bertz CT molecular complexity index is 4310. The minimum Gasteiger partial charge on any atom is -0.255 e. The Morgan fingerprint density at radius 3 is 0.972 bits per heavy atom. The molecule has 0 bridgehead atoms. The molecule has 0 atom stereocenters. The van der Waals surface area contributed by atoms with Crippen molar-refractivity contribution in [2.24, 2.45) is 0 Å². The molecule has 0 unspecified atom stereocenters. The first-order chi connectivity index (χ1) is 35.8. The highest BCUT2D eigenvalue weighted by molar-refractivity contribution is 6.26. The molecular formula is C70H44N2. The number of pyridine rings is 2. The van der Waals surface area contributed by atoms with E-state index in [9.17, 15) is 0 Å². The highest BCUT2D eigenvalue weighted by Crippen LogP contribution is 2.49. The van der Waals surface area contributed by atoms with Gasteiger partial charge in [0.1, 0.15) is 0 Å². The van der Waals surface area contributed by atoms with Gasteiger partial charge in [-0.1, -0.05) is 237 Å². The van der Waals surface area contributed by atoms with Crippen LogP contribution < -0.4 is 0 Å². The Morgan fingerprint density at radius 2 is 0.542 bits per heavy atom. The van der Waals surface area contributed by atoms with Crippen molar-refractivity contribution in [3.8, 4) is 78.3 Å². The molecule has 14 rings (SSSR count). The zero-order valence-corrected chi connectivity index (χ0v) is 39.3. The molecule has 2 aromatic heterocycles. The number of benzene rings is 12. The quantitative estimate of drug-likeness (QED) is 0.149. The van der Waals surface area contributed by atoms with Gasteiger partial charge in [-0.15, -0.1) is 0 Å². The summed E-state index contributed by atoms with van der Waals surface area (Å²) < 4.78 is 0. The molecule has 72 heavy (non-hydrogen) atoms. The van der Waals surface area contributed by atoms with Crippen molar-refractivity contribution in [1.82, 2.24) is 9.97 Å². The van der Waals surface area contributed by atoms with Crippen LogP contribution in [0.5, 0.6) is 0 Å². The molecule has 0 saturated heterocycles. The van der Waals surface area contributed by atoms with Gasteiger partial charge in [-0.25, -0.2) is 4.98 Å². The van der Waals surface area contributed by atoms with Gasteiger partial charge in [0.25, 0.3) is 0 Å². The Morgan fingerprint density at radius 1 is 0.194 bits per heavy atom. The molecule has 0 aliphatic rings. The van der Waals surface area contributed by atoms with Crippen LogP contribution in [0.2, 0.25) is 0 Å². The molecule has 0 radical (unpaired) electrons. The zero-order valence-electron chi connectivity index (χ0n) is 39.3. The predicted molar refractivity (Wildman–Crippen MR) is 305 cm³/mol. The summed E-state index contributed by atoms with van der Waals surface area (Å²) in [5.74, 6) is 0. The van der Waals surface area contributed by atoms with E-state index in [0.29, 0.717) is 0 Å². The van der Waals surface area contributed by atoms with E-state index in [0.717, 1.165) is 39.2 Å². The lowest BCUT2D eigenvalue weighted by atomic mass is 9.83. The molecule has 0 spiro atoms. The maximum atomic E-state index is 5.63. The largest absolute Gasteiger partial charge is 0.255 e. The van der Waals surface area contributed by atoms with Gasteiger partial charge in [-0.05, 0) is 139 Å². The van der Waals surface area contributed by atoms with Gasteiger partial charge in [0.2, 0.25) is 0 Å². The third-order valence-electron chi connectivity index (χ3n) is 14.7. The predicted octanol–water partition coefficient (Wildman–Crippen LogP) is 19.1. The maximum Gasteiger partial charge on any atom is 0.0894 e. The molecule has 334 valence electrons. The lowest BCUT2D eigenvalue weighted by Crippen LogP contribution is -1.96. The van der Waals surface area contributed by atoms with Gasteiger partial charge in [0.05, 0.1) is 17.1 Å². The van der Waals surface area contributed by atoms with Gasteiger partial charge in [-0.2, -0.15) is 0 Å². The smallest absolute Gasteiger partial charge is 0.0894 e. The van der Waals surface area contributed by atoms with E-state index < -0.39 is 0 Å². The molecule has 2 nitrogen and oxygen atoms in total. The van der Waals surface area contributed by atoms with Crippen molar-refractivity contribution < 1.29 is 0 Å².